The van der Waals surface area contributed by atoms with Gasteiger partial charge in [-0.05, 0) is 25.3 Å². The van der Waals surface area contributed by atoms with Crippen molar-refractivity contribution in [2.75, 3.05) is 7.11 Å². The van der Waals surface area contributed by atoms with E-state index in [0.29, 0.717) is 17.7 Å². The van der Waals surface area contributed by atoms with Crippen molar-refractivity contribution >= 4 is 5.78 Å². The molecule has 0 aromatic carbocycles. The van der Waals surface area contributed by atoms with Crippen LogP contribution in [0, 0.1) is 0 Å². The van der Waals surface area contributed by atoms with Gasteiger partial charge in [-0.1, -0.05) is 12.5 Å². The molecule has 0 atom stereocenters. The van der Waals surface area contributed by atoms with Crippen molar-refractivity contribution in [2.24, 2.45) is 0 Å². The summed E-state index contributed by atoms with van der Waals surface area (Å²) in [5, 5.41) is 0. The molecule has 0 spiro atoms. The van der Waals surface area contributed by atoms with Crippen LogP contribution in [0.1, 0.15) is 42.5 Å². The Hall–Kier alpha value is -1.64. The Morgan fingerprint density at radius 1 is 1.47 bits per heavy atom. The highest BCUT2D eigenvalue weighted by molar-refractivity contribution is 5.98. The number of unbranched alkanes of at least 4 members (excludes halogenated alkanes) is 3. The number of pyridine rings is 1. The van der Waals surface area contributed by atoms with Crippen molar-refractivity contribution in [3.8, 4) is 5.75 Å². The topological polar surface area (TPSA) is 39.2 Å². The molecule has 0 saturated heterocycles. The molecule has 0 aliphatic carbocycles. The molecule has 0 aliphatic rings. The van der Waals surface area contributed by atoms with Gasteiger partial charge in [0.2, 0.25) is 0 Å². The quantitative estimate of drug-likeness (QED) is 0.392. The van der Waals surface area contributed by atoms with Crippen LogP contribution in [0.15, 0.2) is 31.1 Å². The summed E-state index contributed by atoms with van der Waals surface area (Å²) in [6, 6.07) is 1.71. The van der Waals surface area contributed by atoms with Crippen molar-refractivity contribution in [1.82, 2.24) is 4.98 Å². The zero-order valence-corrected chi connectivity index (χ0v) is 10.3. The molecule has 17 heavy (non-hydrogen) atoms. The number of aromatic nitrogens is 1. The largest absolute Gasteiger partial charge is 0.494 e. The maximum atomic E-state index is 11.9. The zero-order chi connectivity index (χ0) is 12.5. The predicted molar refractivity (Wildman–Crippen MR) is 68.4 cm³/mol. The van der Waals surface area contributed by atoms with Crippen LogP contribution < -0.4 is 4.74 Å². The lowest BCUT2D eigenvalue weighted by Crippen LogP contribution is -2.02. The summed E-state index contributed by atoms with van der Waals surface area (Å²) in [4.78, 5) is 15.9. The van der Waals surface area contributed by atoms with E-state index in [1.165, 1.54) is 0 Å². The molecule has 0 aliphatic heterocycles. The van der Waals surface area contributed by atoms with E-state index in [0.717, 1.165) is 25.7 Å². The van der Waals surface area contributed by atoms with Gasteiger partial charge in [-0.15, -0.1) is 6.58 Å². The molecule has 1 aromatic heterocycles. The first-order valence-corrected chi connectivity index (χ1v) is 5.91. The number of carbonyl (C=O) groups excluding carboxylic acids is 1. The highest BCUT2D eigenvalue weighted by atomic mass is 16.5. The van der Waals surface area contributed by atoms with Gasteiger partial charge in [0.1, 0.15) is 5.75 Å². The van der Waals surface area contributed by atoms with Crippen molar-refractivity contribution < 1.29 is 9.53 Å². The summed E-state index contributed by atoms with van der Waals surface area (Å²) in [5.74, 6) is 0.687. The number of Topliss-reactive ketones (excluding diaryl/α,β-unsaturated/α-hetero) is 1. The fraction of sp³-hybridized carbons (Fsp3) is 0.429. The minimum Gasteiger partial charge on any atom is -0.494 e. The van der Waals surface area contributed by atoms with Crippen molar-refractivity contribution in [1.29, 1.82) is 0 Å². The zero-order valence-electron chi connectivity index (χ0n) is 10.3. The minimum absolute atomic E-state index is 0.128. The Labute approximate surface area is 103 Å². The van der Waals surface area contributed by atoms with Crippen LogP contribution in [0.4, 0.5) is 0 Å². The monoisotopic (exact) mass is 233 g/mol. The smallest absolute Gasteiger partial charge is 0.166 e. The van der Waals surface area contributed by atoms with Crippen LogP contribution in [0.5, 0.6) is 5.75 Å². The molecule has 0 saturated carbocycles. The fourth-order valence-corrected chi connectivity index (χ4v) is 1.66. The van der Waals surface area contributed by atoms with Gasteiger partial charge in [0.25, 0.3) is 0 Å². The van der Waals surface area contributed by atoms with Crippen LogP contribution in [0.25, 0.3) is 0 Å². The molecule has 0 bridgehead atoms. The molecule has 1 rings (SSSR count). The Kier molecular flexibility index (Phi) is 6.00. The minimum atomic E-state index is 0.128. The third-order valence-corrected chi connectivity index (χ3v) is 2.62. The van der Waals surface area contributed by atoms with Gasteiger partial charge >= 0.3 is 0 Å². The summed E-state index contributed by atoms with van der Waals surface area (Å²) in [7, 11) is 1.55. The lowest BCUT2D eigenvalue weighted by atomic mass is 10.0. The second-order valence-corrected chi connectivity index (χ2v) is 3.89. The Morgan fingerprint density at radius 2 is 2.29 bits per heavy atom. The van der Waals surface area contributed by atoms with Crippen LogP contribution >= 0.6 is 0 Å². The van der Waals surface area contributed by atoms with E-state index in [2.05, 4.69) is 11.6 Å². The summed E-state index contributed by atoms with van der Waals surface area (Å²) in [5.41, 5.74) is 0.631. The summed E-state index contributed by atoms with van der Waals surface area (Å²) < 4.78 is 5.11. The van der Waals surface area contributed by atoms with Crippen LogP contribution in [0.3, 0.4) is 0 Å². The Bertz CT molecular complexity index is 374. The third-order valence-electron chi connectivity index (χ3n) is 2.62. The summed E-state index contributed by atoms with van der Waals surface area (Å²) in [6.07, 6.45) is 9.77. The standard InChI is InChI=1S/C14H19NO2/c1-3-4-5-6-7-8-13(16)12-9-10-15-11-14(12)17-2/h3,9-11H,1,4-8H2,2H3. The van der Waals surface area contributed by atoms with Crippen molar-refractivity contribution in [3.63, 3.8) is 0 Å². The average Bonchev–Trinajstić information content (AvgIpc) is 2.38. The van der Waals surface area contributed by atoms with Gasteiger partial charge in [-0.2, -0.15) is 0 Å². The van der Waals surface area contributed by atoms with Gasteiger partial charge in [0.05, 0.1) is 18.9 Å². The second-order valence-electron chi connectivity index (χ2n) is 3.89. The number of nitrogens with zero attached hydrogens (tertiary/aromatic N) is 1. The van der Waals surface area contributed by atoms with E-state index < -0.39 is 0 Å². The van der Waals surface area contributed by atoms with E-state index in [1.807, 2.05) is 6.08 Å². The molecule has 0 N–H and O–H groups in total. The maximum absolute atomic E-state index is 11.9. The van der Waals surface area contributed by atoms with E-state index in [9.17, 15) is 4.79 Å². The van der Waals surface area contributed by atoms with Crippen LogP contribution in [-0.4, -0.2) is 17.9 Å². The molecular formula is C14H19NO2. The molecule has 3 heteroatoms. The summed E-state index contributed by atoms with van der Waals surface area (Å²) in [6.45, 7) is 3.67. The third kappa shape index (κ3) is 4.39. The number of methoxy groups -OCH3 is 1. The van der Waals surface area contributed by atoms with Gasteiger partial charge in [0.15, 0.2) is 5.78 Å². The molecule has 0 amide bonds. The molecular weight excluding hydrogens is 214 g/mol. The molecule has 3 nitrogen and oxygen atoms in total. The number of ether oxygens (including phenoxy) is 1. The number of carbonyl (C=O) groups is 1. The SMILES string of the molecule is C=CCCCCCC(=O)c1ccncc1OC. The number of rotatable bonds is 8. The van der Waals surface area contributed by atoms with Crippen molar-refractivity contribution in [3.05, 3.63) is 36.7 Å². The fourth-order valence-electron chi connectivity index (χ4n) is 1.66. The molecule has 92 valence electrons. The normalized spacial score (nSPS) is 9.94. The lowest BCUT2D eigenvalue weighted by Gasteiger charge is -2.06. The highest BCUT2D eigenvalue weighted by Gasteiger charge is 2.11. The van der Waals surface area contributed by atoms with Crippen molar-refractivity contribution in [2.45, 2.75) is 32.1 Å². The first-order chi connectivity index (χ1) is 8.29. The number of hydrogen-bond donors (Lipinski definition) is 0. The Morgan fingerprint density at radius 3 is 3.00 bits per heavy atom. The molecule has 0 radical (unpaired) electrons. The first-order valence-electron chi connectivity index (χ1n) is 5.91. The van der Waals surface area contributed by atoms with E-state index >= 15 is 0 Å². The molecule has 1 heterocycles. The van der Waals surface area contributed by atoms with Gasteiger partial charge in [0, 0.05) is 12.6 Å². The lowest BCUT2D eigenvalue weighted by molar-refractivity contribution is 0.0976. The maximum Gasteiger partial charge on any atom is 0.166 e. The van der Waals surface area contributed by atoms with E-state index in [4.69, 9.17) is 4.74 Å². The summed E-state index contributed by atoms with van der Waals surface area (Å²) >= 11 is 0. The van der Waals surface area contributed by atoms with Gasteiger partial charge < -0.3 is 4.74 Å². The number of allylic oxidation sites excluding steroid dienone is 1. The van der Waals surface area contributed by atoms with E-state index in [-0.39, 0.29) is 5.78 Å². The Balaban J connectivity index is 2.44. The van der Waals surface area contributed by atoms with Crippen LogP contribution in [-0.2, 0) is 0 Å². The van der Waals surface area contributed by atoms with Gasteiger partial charge in [-0.3, -0.25) is 9.78 Å². The van der Waals surface area contributed by atoms with Gasteiger partial charge in [-0.25, -0.2) is 0 Å². The second kappa shape index (κ2) is 7.60. The number of hydrogen-bond acceptors (Lipinski definition) is 3. The molecule has 0 fully saturated rings. The first kappa shape index (κ1) is 13.4. The highest BCUT2D eigenvalue weighted by Crippen LogP contribution is 2.18. The predicted octanol–water partition coefficient (Wildman–Crippen LogP) is 3.41. The average molecular weight is 233 g/mol. The van der Waals surface area contributed by atoms with Crippen LogP contribution in [0.2, 0.25) is 0 Å². The number of ketones is 1. The molecule has 1 aromatic rings. The van der Waals surface area contributed by atoms with E-state index in [1.54, 1.807) is 25.6 Å². The molecule has 0 unspecified atom stereocenters.